The highest BCUT2D eigenvalue weighted by Gasteiger charge is 2.04. The van der Waals surface area contributed by atoms with Gasteiger partial charge in [0, 0.05) is 24.8 Å². The smallest absolute Gasteiger partial charge is 0.251 e. The SMILES string of the molecule is Cc1ccc(C(=O)NCCNc2cnccc2C#N)cc1. The predicted molar refractivity (Wildman–Crippen MR) is 81.0 cm³/mol. The number of aryl methyl sites for hydroxylation is 1. The zero-order chi connectivity index (χ0) is 15.1. The standard InChI is InChI=1S/C16H16N4O/c1-12-2-4-13(5-3-12)16(21)20-9-8-19-15-11-18-7-6-14(15)10-17/h2-7,11,19H,8-9H2,1H3,(H,20,21). The Labute approximate surface area is 123 Å². The average Bonchev–Trinajstić information content (AvgIpc) is 2.52. The van der Waals surface area contributed by atoms with Crippen molar-refractivity contribution in [3.05, 3.63) is 59.4 Å². The van der Waals surface area contributed by atoms with E-state index in [2.05, 4.69) is 21.7 Å². The van der Waals surface area contributed by atoms with Crippen LogP contribution >= 0.6 is 0 Å². The highest BCUT2D eigenvalue weighted by atomic mass is 16.1. The Balaban J connectivity index is 1.81. The summed E-state index contributed by atoms with van der Waals surface area (Å²) in [5.41, 5.74) is 2.97. The number of amides is 1. The Hall–Kier alpha value is -2.87. The fraction of sp³-hybridized carbons (Fsp3) is 0.188. The number of benzene rings is 1. The summed E-state index contributed by atoms with van der Waals surface area (Å²) in [6.07, 6.45) is 3.17. The van der Waals surface area contributed by atoms with Crippen LogP contribution < -0.4 is 10.6 Å². The molecule has 0 spiro atoms. The Bertz CT molecular complexity index is 659. The number of nitrogens with one attached hydrogen (secondary N) is 2. The topological polar surface area (TPSA) is 77.8 Å². The highest BCUT2D eigenvalue weighted by molar-refractivity contribution is 5.94. The number of rotatable bonds is 5. The quantitative estimate of drug-likeness (QED) is 0.822. The summed E-state index contributed by atoms with van der Waals surface area (Å²) >= 11 is 0. The van der Waals surface area contributed by atoms with E-state index in [1.54, 1.807) is 30.6 Å². The zero-order valence-electron chi connectivity index (χ0n) is 11.8. The second-order valence-corrected chi connectivity index (χ2v) is 4.58. The molecule has 0 unspecified atom stereocenters. The molecule has 0 aliphatic carbocycles. The van der Waals surface area contributed by atoms with Crippen molar-refractivity contribution in [2.75, 3.05) is 18.4 Å². The lowest BCUT2D eigenvalue weighted by Gasteiger charge is -2.09. The summed E-state index contributed by atoms with van der Waals surface area (Å²) in [6, 6.07) is 11.1. The zero-order valence-corrected chi connectivity index (χ0v) is 11.8. The molecule has 1 amide bonds. The van der Waals surface area contributed by atoms with Gasteiger partial charge in [-0.1, -0.05) is 17.7 Å². The number of pyridine rings is 1. The third kappa shape index (κ3) is 4.05. The summed E-state index contributed by atoms with van der Waals surface area (Å²) in [5.74, 6) is -0.108. The van der Waals surface area contributed by atoms with Crippen molar-refractivity contribution in [3.8, 4) is 6.07 Å². The molecule has 2 rings (SSSR count). The maximum Gasteiger partial charge on any atom is 0.251 e. The van der Waals surface area contributed by atoms with Gasteiger partial charge in [0.05, 0.1) is 17.4 Å². The van der Waals surface area contributed by atoms with Crippen LogP contribution in [0.1, 0.15) is 21.5 Å². The van der Waals surface area contributed by atoms with Crippen LogP contribution in [0.4, 0.5) is 5.69 Å². The van der Waals surface area contributed by atoms with Gasteiger partial charge in [-0.3, -0.25) is 9.78 Å². The Kier molecular flexibility index (Phi) is 4.89. The van der Waals surface area contributed by atoms with Gasteiger partial charge in [0.2, 0.25) is 0 Å². The number of anilines is 1. The molecule has 0 aliphatic rings. The molecule has 0 saturated carbocycles. The third-order valence-corrected chi connectivity index (χ3v) is 2.98. The van der Waals surface area contributed by atoms with Crippen molar-refractivity contribution < 1.29 is 4.79 Å². The van der Waals surface area contributed by atoms with E-state index in [4.69, 9.17) is 5.26 Å². The summed E-state index contributed by atoms with van der Waals surface area (Å²) in [5, 5.41) is 14.8. The highest BCUT2D eigenvalue weighted by Crippen LogP contribution is 2.10. The van der Waals surface area contributed by atoms with Crippen LogP contribution in [0.3, 0.4) is 0 Å². The van der Waals surface area contributed by atoms with Crippen molar-refractivity contribution in [2.45, 2.75) is 6.92 Å². The summed E-state index contributed by atoms with van der Waals surface area (Å²) in [7, 11) is 0. The first-order valence-corrected chi connectivity index (χ1v) is 6.63. The molecule has 0 saturated heterocycles. The number of hydrogen-bond acceptors (Lipinski definition) is 4. The van der Waals surface area contributed by atoms with Crippen LogP contribution in [0.2, 0.25) is 0 Å². The molecule has 0 radical (unpaired) electrons. The van der Waals surface area contributed by atoms with Crippen molar-refractivity contribution in [1.29, 1.82) is 5.26 Å². The molecule has 0 aliphatic heterocycles. The fourth-order valence-electron chi connectivity index (χ4n) is 1.81. The normalized spacial score (nSPS) is 9.71. The molecular weight excluding hydrogens is 264 g/mol. The van der Waals surface area contributed by atoms with Gasteiger partial charge < -0.3 is 10.6 Å². The Morgan fingerprint density at radius 3 is 2.71 bits per heavy atom. The van der Waals surface area contributed by atoms with Gasteiger partial charge in [-0.2, -0.15) is 5.26 Å². The Morgan fingerprint density at radius 2 is 2.00 bits per heavy atom. The minimum Gasteiger partial charge on any atom is -0.381 e. The molecule has 2 N–H and O–H groups in total. The second kappa shape index (κ2) is 7.06. The van der Waals surface area contributed by atoms with Crippen LogP contribution in [0, 0.1) is 18.3 Å². The van der Waals surface area contributed by atoms with E-state index in [0.29, 0.717) is 29.9 Å². The van der Waals surface area contributed by atoms with Gasteiger partial charge in [-0.05, 0) is 25.1 Å². The molecule has 1 aromatic carbocycles. The van der Waals surface area contributed by atoms with E-state index in [9.17, 15) is 4.79 Å². The van der Waals surface area contributed by atoms with E-state index in [-0.39, 0.29) is 5.91 Å². The van der Waals surface area contributed by atoms with Crippen LogP contribution in [-0.2, 0) is 0 Å². The monoisotopic (exact) mass is 280 g/mol. The molecule has 2 aromatic rings. The second-order valence-electron chi connectivity index (χ2n) is 4.58. The lowest BCUT2D eigenvalue weighted by Crippen LogP contribution is -2.28. The first-order valence-electron chi connectivity index (χ1n) is 6.63. The predicted octanol–water partition coefficient (Wildman–Crippen LogP) is 2.10. The van der Waals surface area contributed by atoms with E-state index in [1.807, 2.05) is 19.1 Å². The van der Waals surface area contributed by atoms with Gasteiger partial charge in [-0.25, -0.2) is 0 Å². The maximum absolute atomic E-state index is 11.9. The molecule has 21 heavy (non-hydrogen) atoms. The van der Waals surface area contributed by atoms with E-state index in [1.165, 1.54) is 0 Å². The number of nitrogens with zero attached hydrogens (tertiary/aromatic N) is 2. The molecule has 0 atom stereocenters. The number of carbonyl (C=O) groups excluding carboxylic acids is 1. The lowest BCUT2D eigenvalue weighted by atomic mass is 10.1. The van der Waals surface area contributed by atoms with Crippen molar-refractivity contribution in [1.82, 2.24) is 10.3 Å². The first-order chi connectivity index (χ1) is 10.2. The fourth-order valence-corrected chi connectivity index (χ4v) is 1.81. The molecule has 106 valence electrons. The van der Waals surface area contributed by atoms with Gasteiger partial charge in [0.1, 0.15) is 6.07 Å². The maximum atomic E-state index is 11.9. The van der Waals surface area contributed by atoms with Crippen LogP contribution in [0.5, 0.6) is 0 Å². The summed E-state index contributed by atoms with van der Waals surface area (Å²) < 4.78 is 0. The average molecular weight is 280 g/mol. The van der Waals surface area contributed by atoms with E-state index in [0.717, 1.165) is 5.56 Å². The molecule has 1 heterocycles. The molecule has 1 aromatic heterocycles. The lowest BCUT2D eigenvalue weighted by molar-refractivity contribution is 0.0955. The number of nitriles is 1. The number of hydrogen-bond donors (Lipinski definition) is 2. The molecule has 5 heteroatoms. The number of aromatic nitrogens is 1. The van der Waals surface area contributed by atoms with Crippen molar-refractivity contribution in [2.24, 2.45) is 0 Å². The minimum absolute atomic E-state index is 0.108. The third-order valence-electron chi connectivity index (χ3n) is 2.98. The van der Waals surface area contributed by atoms with E-state index >= 15 is 0 Å². The van der Waals surface area contributed by atoms with Crippen LogP contribution in [-0.4, -0.2) is 24.0 Å². The molecular formula is C16H16N4O. The van der Waals surface area contributed by atoms with Crippen LogP contribution in [0.15, 0.2) is 42.7 Å². The van der Waals surface area contributed by atoms with Crippen molar-refractivity contribution >= 4 is 11.6 Å². The number of carbonyl (C=O) groups is 1. The van der Waals surface area contributed by atoms with Gasteiger partial charge in [0.15, 0.2) is 0 Å². The molecule has 0 bridgehead atoms. The van der Waals surface area contributed by atoms with Crippen LogP contribution in [0.25, 0.3) is 0 Å². The van der Waals surface area contributed by atoms with Crippen molar-refractivity contribution in [3.63, 3.8) is 0 Å². The first kappa shape index (κ1) is 14.5. The van der Waals surface area contributed by atoms with Gasteiger partial charge >= 0.3 is 0 Å². The minimum atomic E-state index is -0.108. The molecule has 5 nitrogen and oxygen atoms in total. The van der Waals surface area contributed by atoms with E-state index < -0.39 is 0 Å². The Morgan fingerprint density at radius 1 is 1.24 bits per heavy atom. The molecule has 0 fully saturated rings. The van der Waals surface area contributed by atoms with Gasteiger partial charge in [0.25, 0.3) is 5.91 Å². The summed E-state index contributed by atoms with van der Waals surface area (Å²) in [4.78, 5) is 15.8. The largest absolute Gasteiger partial charge is 0.381 e. The van der Waals surface area contributed by atoms with Gasteiger partial charge in [-0.15, -0.1) is 0 Å². The summed E-state index contributed by atoms with van der Waals surface area (Å²) in [6.45, 7) is 2.97.